The zero-order valence-corrected chi connectivity index (χ0v) is 14.3. The molecule has 0 aliphatic carbocycles. The summed E-state index contributed by atoms with van der Waals surface area (Å²) in [4.78, 5) is 8.24. The van der Waals surface area contributed by atoms with Gasteiger partial charge in [0.05, 0.1) is 17.8 Å². The second kappa shape index (κ2) is 8.29. The molecule has 116 valence electrons. The summed E-state index contributed by atoms with van der Waals surface area (Å²) in [5, 5.41) is 3.48. The lowest BCUT2D eigenvalue weighted by Crippen LogP contribution is -2.38. The highest BCUT2D eigenvalue weighted by atomic mass is 35.5. The Morgan fingerprint density at radius 1 is 1.55 bits per heavy atom. The topological polar surface area (TPSA) is 37.4 Å². The van der Waals surface area contributed by atoms with Crippen LogP contribution in [0.1, 0.15) is 23.9 Å². The molecule has 0 saturated carbocycles. The van der Waals surface area contributed by atoms with Crippen molar-refractivity contribution in [2.75, 3.05) is 39.9 Å². The van der Waals surface area contributed by atoms with E-state index < -0.39 is 0 Å². The number of nitrogens with zero attached hydrogens (tertiary/aromatic N) is 2. The molecule has 1 aromatic heterocycles. The van der Waals surface area contributed by atoms with Gasteiger partial charge in [-0.2, -0.15) is 0 Å². The highest BCUT2D eigenvalue weighted by Crippen LogP contribution is 2.27. The van der Waals surface area contributed by atoms with Crippen molar-refractivity contribution in [1.82, 2.24) is 15.2 Å². The summed E-state index contributed by atoms with van der Waals surface area (Å²) in [5.41, 5.74) is 3.51. The predicted octanol–water partition coefficient (Wildman–Crippen LogP) is 2.32. The largest absolute Gasteiger partial charge is 0.383 e. The van der Waals surface area contributed by atoms with Crippen LogP contribution in [0, 0.1) is 12.3 Å². The van der Waals surface area contributed by atoms with Gasteiger partial charge in [0.1, 0.15) is 0 Å². The first-order chi connectivity index (χ1) is 9.13. The van der Waals surface area contributed by atoms with Crippen molar-refractivity contribution >= 4 is 23.7 Å². The van der Waals surface area contributed by atoms with Gasteiger partial charge in [0.2, 0.25) is 0 Å². The van der Waals surface area contributed by atoms with Crippen molar-refractivity contribution < 1.29 is 4.74 Å². The van der Waals surface area contributed by atoms with E-state index in [1.54, 1.807) is 18.4 Å². The van der Waals surface area contributed by atoms with Gasteiger partial charge in [-0.1, -0.05) is 6.92 Å². The summed E-state index contributed by atoms with van der Waals surface area (Å²) < 4.78 is 5.25. The van der Waals surface area contributed by atoms with Crippen molar-refractivity contribution in [3.05, 3.63) is 16.1 Å². The Morgan fingerprint density at radius 2 is 2.35 bits per heavy atom. The van der Waals surface area contributed by atoms with Crippen molar-refractivity contribution in [1.29, 1.82) is 0 Å². The molecule has 1 atom stereocenters. The molecule has 0 aromatic carbocycles. The molecule has 0 amide bonds. The number of halogens is 1. The first kappa shape index (κ1) is 17.9. The third kappa shape index (κ3) is 4.97. The van der Waals surface area contributed by atoms with E-state index >= 15 is 0 Å². The third-order valence-corrected chi connectivity index (χ3v) is 4.81. The van der Waals surface area contributed by atoms with Gasteiger partial charge >= 0.3 is 0 Å². The van der Waals surface area contributed by atoms with Crippen LogP contribution in [0.2, 0.25) is 0 Å². The van der Waals surface area contributed by atoms with E-state index in [4.69, 9.17) is 4.74 Å². The summed E-state index contributed by atoms with van der Waals surface area (Å²) in [6.45, 7) is 10.7. The lowest BCUT2D eigenvalue weighted by atomic mass is 9.89. The Bertz CT molecular complexity index is 394. The van der Waals surface area contributed by atoms with Crippen molar-refractivity contribution in [3.63, 3.8) is 0 Å². The summed E-state index contributed by atoms with van der Waals surface area (Å²) in [6.07, 6.45) is 1.26. The van der Waals surface area contributed by atoms with E-state index in [0.717, 1.165) is 39.3 Å². The molecule has 0 bridgehead atoms. The zero-order valence-electron chi connectivity index (χ0n) is 12.6. The molecule has 1 fully saturated rings. The van der Waals surface area contributed by atoms with Crippen LogP contribution >= 0.6 is 23.7 Å². The SMILES string of the molecule is COCCN(Cc1scnc1C)CC1(C)CCNC1.Cl. The molecule has 1 aliphatic heterocycles. The lowest BCUT2D eigenvalue weighted by molar-refractivity contribution is 0.114. The van der Waals surface area contributed by atoms with E-state index in [-0.39, 0.29) is 12.4 Å². The lowest BCUT2D eigenvalue weighted by Gasteiger charge is -2.31. The molecule has 0 radical (unpaired) electrons. The second-order valence-corrected chi connectivity index (χ2v) is 6.74. The quantitative estimate of drug-likeness (QED) is 0.837. The normalized spacial score (nSPS) is 22.2. The molecule has 4 nitrogen and oxygen atoms in total. The van der Waals surface area contributed by atoms with Crippen molar-refractivity contribution in [2.24, 2.45) is 5.41 Å². The maximum Gasteiger partial charge on any atom is 0.0798 e. The number of ether oxygens (including phenoxy) is 1. The zero-order chi connectivity index (χ0) is 13.7. The maximum atomic E-state index is 5.25. The first-order valence-corrected chi connectivity index (χ1v) is 7.82. The standard InChI is InChI=1S/C14H25N3OS.ClH/c1-12-13(19-11-16-12)8-17(6-7-18-3)10-14(2)4-5-15-9-14;/h11,15H,4-10H2,1-3H3;1H. The van der Waals surface area contributed by atoms with E-state index in [2.05, 4.69) is 29.0 Å². The van der Waals surface area contributed by atoms with Crippen LogP contribution in [0.15, 0.2) is 5.51 Å². The molecule has 2 rings (SSSR count). The van der Waals surface area contributed by atoms with Crippen LogP contribution in [0.3, 0.4) is 0 Å². The molecular formula is C14H26ClN3OS. The maximum absolute atomic E-state index is 5.25. The Balaban J connectivity index is 0.00000200. The molecule has 1 N–H and O–H groups in total. The minimum atomic E-state index is 0. The van der Waals surface area contributed by atoms with Crippen LogP contribution in [-0.4, -0.2) is 49.8 Å². The monoisotopic (exact) mass is 319 g/mol. The Hall–Kier alpha value is -0.200. The fourth-order valence-electron chi connectivity index (χ4n) is 2.66. The number of aromatic nitrogens is 1. The predicted molar refractivity (Wildman–Crippen MR) is 86.8 cm³/mol. The minimum Gasteiger partial charge on any atom is -0.383 e. The van der Waals surface area contributed by atoms with Gasteiger partial charge in [0.15, 0.2) is 0 Å². The first-order valence-electron chi connectivity index (χ1n) is 6.94. The van der Waals surface area contributed by atoms with Crippen molar-refractivity contribution in [2.45, 2.75) is 26.8 Å². The molecule has 1 unspecified atom stereocenters. The van der Waals surface area contributed by atoms with E-state index in [1.165, 1.54) is 17.0 Å². The number of hydrogen-bond acceptors (Lipinski definition) is 5. The van der Waals surface area contributed by atoms with Gasteiger partial charge in [0, 0.05) is 38.2 Å². The fourth-order valence-corrected chi connectivity index (χ4v) is 3.48. The summed E-state index contributed by atoms with van der Waals surface area (Å²) in [6, 6.07) is 0. The molecule has 20 heavy (non-hydrogen) atoms. The van der Waals surface area contributed by atoms with Crippen LogP contribution < -0.4 is 5.32 Å². The molecule has 1 aromatic rings. The van der Waals surface area contributed by atoms with E-state index in [0.29, 0.717) is 5.41 Å². The van der Waals surface area contributed by atoms with Gasteiger partial charge in [-0.05, 0) is 25.3 Å². The average Bonchev–Trinajstić information content (AvgIpc) is 2.97. The molecule has 1 aliphatic rings. The van der Waals surface area contributed by atoms with Gasteiger partial charge in [0.25, 0.3) is 0 Å². The van der Waals surface area contributed by atoms with E-state index in [9.17, 15) is 0 Å². The van der Waals surface area contributed by atoms with E-state index in [1.807, 2.05) is 5.51 Å². The number of rotatable bonds is 7. The van der Waals surface area contributed by atoms with Crippen LogP contribution in [0.4, 0.5) is 0 Å². The molecule has 2 heterocycles. The molecular weight excluding hydrogens is 294 g/mol. The Morgan fingerprint density at radius 3 is 2.90 bits per heavy atom. The van der Waals surface area contributed by atoms with Gasteiger partial charge in [-0.3, -0.25) is 4.90 Å². The van der Waals surface area contributed by atoms with Gasteiger partial charge in [-0.15, -0.1) is 23.7 Å². The van der Waals surface area contributed by atoms with Gasteiger partial charge < -0.3 is 10.1 Å². The molecule has 1 saturated heterocycles. The summed E-state index contributed by atoms with van der Waals surface area (Å²) >= 11 is 1.76. The summed E-state index contributed by atoms with van der Waals surface area (Å²) in [5.74, 6) is 0. The number of aryl methyl sites for hydroxylation is 1. The Labute approximate surface area is 132 Å². The van der Waals surface area contributed by atoms with Crippen LogP contribution in [-0.2, 0) is 11.3 Å². The number of hydrogen-bond donors (Lipinski definition) is 1. The second-order valence-electron chi connectivity index (χ2n) is 5.80. The summed E-state index contributed by atoms with van der Waals surface area (Å²) in [7, 11) is 1.77. The smallest absolute Gasteiger partial charge is 0.0798 e. The molecule has 6 heteroatoms. The van der Waals surface area contributed by atoms with Crippen LogP contribution in [0.25, 0.3) is 0 Å². The Kier molecular flexibility index (Phi) is 7.40. The number of thiazole rings is 1. The fraction of sp³-hybridized carbons (Fsp3) is 0.786. The number of methoxy groups -OCH3 is 1. The van der Waals surface area contributed by atoms with Crippen molar-refractivity contribution in [3.8, 4) is 0 Å². The number of nitrogens with one attached hydrogen (secondary N) is 1. The van der Waals surface area contributed by atoms with Crippen LogP contribution in [0.5, 0.6) is 0 Å². The average molecular weight is 320 g/mol. The third-order valence-electron chi connectivity index (χ3n) is 3.89. The van der Waals surface area contributed by atoms with Gasteiger partial charge in [-0.25, -0.2) is 4.98 Å². The molecule has 0 spiro atoms. The minimum absolute atomic E-state index is 0. The highest BCUT2D eigenvalue weighted by Gasteiger charge is 2.30. The highest BCUT2D eigenvalue weighted by molar-refractivity contribution is 7.09.